The molecule has 1 fully saturated rings. The van der Waals surface area contributed by atoms with Crippen molar-refractivity contribution in [1.82, 2.24) is 10.2 Å². The molecule has 0 saturated heterocycles. The van der Waals surface area contributed by atoms with Gasteiger partial charge in [-0.25, -0.2) is 0 Å². The number of thiophene rings is 1. The lowest BCUT2D eigenvalue weighted by Crippen LogP contribution is -2.47. The number of carbonyl (C=O) groups is 2. The number of benzene rings is 1. The third-order valence-corrected chi connectivity index (χ3v) is 6.73. The molecule has 0 spiro atoms. The van der Waals surface area contributed by atoms with E-state index in [2.05, 4.69) is 5.32 Å². The van der Waals surface area contributed by atoms with Crippen molar-refractivity contribution in [2.75, 3.05) is 6.54 Å². The Labute approximate surface area is 187 Å². The molecule has 1 atom stereocenters. The minimum absolute atomic E-state index is 0.109. The Morgan fingerprint density at radius 3 is 2.52 bits per heavy atom. The topological polar surface area (TPSA) is 62.6 Å². The summed E-state index contributed by atoms with van der Waals surface area (Å²) in [6, 6.07) is 16.7. The van der Waals surface area contributed by atoms with Gasteiger partial charge in [-0.3, -0.25) is 9.59 Å². The lowest BCUT2D eigenvalue weighted by molar-refractivity contribution is -0.126. The van der Waals surface area contributed by atoms with E-state index in [0.29, 0.717) is 13.0 Å². The number of amides is 2. The average molecular weight is 437 g/mol. The highest BCUT2D eigenvalue weighted by Crippen LogP contribution is 2.29. The van der Waals surface area contributed by atoms with Gasteiger partial charge in [0, 0.05) is 17.5 Å². The maximum Gasteiger partial charge on any atom is 0.290 e. The number of nitrogens with one attached hydrogen (secondary N) is 1. The molecule has 0 aliphatic heterocycles. The van der Waals surface area contributed by atoms with Gasteiger partial charge in [0.05, 0.1) is 6.26 Å². The van der Waals surface area contributed by atoms with E-state index in [9.17, 15) is 9.59 Å². The predicted octanol–water partition coefficient (Wildman–Crippen LogP) is 5.22. The Morgan fingerprint density at radius 1 is 1.03 bits per heavy atom. The lowest BCUT2D eigenvalue weighted by Gasteiger charge is -2.32. The number of nitrogens with zero attached hydrogens (tertiary/aromatic N) is 1. The van der Waals surface area contributed by atoms with Gasteiger partial charge in [0.1, 0.15) is 6.04 Å². The van der Waals surface area contributed by atoms with E-state index in [1.165, 1.54) is 24.0 Å². The molecule has 3 aromatic rings. The zero-order valence-electron chi connectivity index (χ0n) is 17.5. The number of hydrogen-bond acceptors (Lipinski definition) is 4. The fourth-order valence-electron chi connectivity index (χ4n) is 4.18. The van der Waals surface area contributed by atoms with Crippen molar-refractivity contribution in [1.29, 1.82) is 0 Å². The summed E-state index contributed by atoms with van der Waals surface area (Å²) in [6.45, 7) is 0.421. The number of furan rings is 1. The van der Waals surface area contributed by atoms with Crippen LogP contribution in [0.4, 0.5) is 0 Å². The number of carbonyl (C=O) groups excluding carboxylic acids is 2. The van der Waals surface area contributed by atoms with Crippen LogP contribution < -0.4 is 5.32 Å². The second-order valence-electron chi connectivity index (χ2n) is 7.97. The first kappa shape index (κ1) is 21.4. The molecule has 1 aliphatic rings. The molecule has 5 nitrogen and oxygen atoms in total. The number of hydrogen-bond donors (Lipinski definition) is 1. The van der Waals surface area contributed by atoms with Crippen LogP contribution in [0.25, 0.3) is 0 Å². The van der Waals surface area contributed by atoms with Gasteiger partial charge in [-0.15, -0.1) is 11.3 Å². The Hall–Kier alpha value is -2.86. The molecule has 2 amide bonds. The molecule has 1 aromatic carbocycles. The van der Waals surface area contributed by atoms with E-state index in [-0.39, 0.29) is 23.6 Å². The molecule has 0 unspecified atom stereocenters. The van der Waals surface area contributed by atoms with Crippen molar-refractivity contribution in [2.24, 2.45) is 0 Å². The molecule has 0 radical (unpaired) electrons. The summed E-state index contributed by atoms with van der Waals surface area (Å²) >= 11 is 1.50. The summed E-state index contributed by atoms with van der Waals surface area (Å²) in [7, 11) is 0. The largest absolute Gasteiger partial charge is 0.459 e. The molecule has 1 aliphatic carbocycles. The second-order valence-corrected chi connectivity index (χ2v) is 8.95. The molecule has 6 heteroatoms. The first-order chi connectivity index (χ1) is 15.2. The number of rotatable bonds is 8. The molecular weight excluding hydrogens is 408 g/mol. The molecule has 4 rings (SSSR count). The van der Waals surface area contributed by atoms with Gasteiger partial charge in [0.25, 0.3) is 5.91 Å². The van der Waals surface area contributed by atoms with E-state index in [0.717, 1.165) is 36.1 Å². The fourth-order valence-corrected chi connectivity index (χ4v) is 5.02. The van der Waals surface area contributed by atoms with E-state index >= 15 is 0 Å². The molecule has 0 bridgehead atoms. The van der Waals surface area contributed by atoms with Crippen LogP contribution in [-0.4, -0.2) is 29.3 Å². The molecule has 1 saturated carbocycles. The summed E-state index contributed by atoms with van der Waals surface area (Å²) in [4.78, 5) is 29.4. The molecule has 2 heterocycles. The smallest absolute Gasteiger partial charge is 0.290 e. The van der Waals surface area contributed by atoms with Gasteiger partial charge in [-0.2, -0.15) is 0 Å². The zero-order valence-corrected chi connectivity index (χ0v) is 18.4. The van der Waals surface area contributed by atoms with Crippen LogP contribution in [0.15, 0.2) is 70.7 Å². The Kier molecular flexibility index (Phi) is 7.20. The van der Waals surface area contributed by atoms with Gasteiger partial charge >= 0.3 is 0 Å². The third kappa shape index (κ3) is 5.44. The van der Waals surface area contributed by atoms with Crippen LogP contribution in [-0.2, 0) is 11.2 Å². The SMILES string of the molecule is O=C(NC1CCCCC1)[C@@H](c1cccs1)N(CCc1ccccc1)C(=O)c1ccco1. The molecule has 1 N–H and O–H groups in total. The van der Waals surface area contributed by atoms with Crippen molar-refractivity contribution in [3.8, 4) is 0 Å². The van der Waals surface area contributed by atoms with Crippen LogP contribution >= 0.6 is 11.3 Å². The van der Waals surface area contributed by atoms with Gasteiger partial charge in [-0.05, 0) is 48.4 Å². The van der Waals surface area contributed by atoms with Crippen molar-refractivity contribution in [3.63, 3.8) is 0 Å². The Morgan fingerprint density at radius 2 is 1.84 bits per heavy atom. The minimum atomic E-state index is -0.678. The molecule has 162 valence electrons. The highest BCUT2D eigenvalue weighted by molar-refractivity contribution is 7.10. The van der Waals surface area contributed by atoms with Crippen LogP contribution in [0.1, 0.15) is 59.1 Å². The van der Waals surface area contributed by atoms with Gasteiger partial charge in [0.2, 0.25) is 5.91 Å². The molecular formula is C25H28N2O3S. The average Bonchev–Trinajstić information content (AvgIpc) is 3.52. The fraction of sp³-hybridized carbons (Fsp3) is 0.360. The molecule has 31 heavy (non-hydrogen) atoms. The van der Waals surface area contributed by atoms with Gasteiger partial charge < -0.3 is 14.6 Å². The summed E-state index contributed by atoms with van der Waals surface area (Å²) in [6.07, 6.45) is 7.64. The standard InChI is InChI=1S/C25H28N2O3S/c28-24(26-20-11-5-2-6-12-20)23(22-14-8-18-31-22)27(25(29)21-13-7-17-30-21)16-15-19-9-3-1-4-10-19/h1,3-4,7-10,13-14,17-18,20,23H,2,5-6,11-12,15-16H2,(H,26,28)/t23-/m1/s1. The van der Waals surface area contributed by atoms with Gasteiger partial charge in [-0.1, -0.05) is 55.7 Å². The van der Waals surface area contributed by atoms with E-state index in [4.69, 9.17) is 4.42 Å². The van der Waals surface area contributed by atoms with Gasteiger partial charge in [0.15, 0.2) is 5.76 Å². The minimum Gasteiger partial charge on any atom is -0.459 e. The normalized spacial score (nSPS) is 15.4. The quantitative estimate of drug-likeness (QED) is 0.527. The maximum atomic E-state index is 13.5. The monoisotopic (exact) mass is 436 g/mol. The highest BCUT2D eigenvalue weighted by Gasteiger charge is 2.34. The van der Waals surface area contributed by atoms with E-state index in [1.807, 2.05) is 47.8 Å². The first-order valence-electron chi connectivity index (χ1n) is 10.9. The van der Waals surface area contributed by atoms with Crippen LogP contribution in [0.2, 0.25) is 0 Å². The lowest BCUT2D eigenvalue weighted by atomic mass is 9.95. The van der Waals surface area contributed by atoms with E-state index < -0.39 is 6.04 Å². The Bertz CT molecular complexity index is 948. The predicted molar refractivity (Wildman–Crippen MR) is 122 cm³/mol. The molecule has 2 aromatic heterocycles. The maximum absolute atomic E-state index is 13.5. The Balaban J connectivity index is 1.61. The van der Waals surface area contributed by atoms with Crippen LogP contribution in [0.3, 0.4) is 0 Å². The van der Waals surface area contributed by atoms with Crippen molar-refractivity contribution >= 4 is 23.2 Å². The van der Waals surface area contributed by atoms with Crippen LogP contribution in [0, 0.1) is 0 Å². The van der Waals surface area contributed by atoms with Crippen LogP contribution in [0.5, 0.6) is 0 Å². The summed E-state index contributed by atoms with van der Waals surface area (Å²) in [5, 5.41) is 5.18. The zero-order chi connectivity index (χ0) is 21.5. The van der Waals surface area contributed by atoms with Crippen molar-refractivity contribution in [2.45, 2.75) is 50.6 Å². The van der Waals surface area contributed by atoms with Crippen molar-refractivity contribution in [3.05, 3.63) is 82.4 Å². The van der Waals surface area contributed by atoms with Crippen molar-refractivity contribution < 1.29 is 14.0 Å². The summed E-state index contributed by atoms with van der Waals surface area (Å²) in [5.41, 5.74) is 1.12. The summed E-state index contributed by atoms with van der Waals surface area (Å²) < 4.78 is 5.41. The second kappa shape index (κ2) is 10.4. The van der Waals surface area contributed by atoms with E-state index in [1.54, 1.807) is 17.0 Å². The highest BCUT2D eigenvalue weighted by atomic mass is 32.1. The first-order valence-corrected chi connectivity index (χ1v) is 11.8. The third-order valence-electron chi connectivity index (χ3n) is 5.80. The summed E-state index contributed by atoms with van der Waals surface area (Å²) in [5.74, 6) is -0.125.